The van der Waals surface area contributed by atoms with Crippen LogP contribution in [0.5, 0.6) is 0 Å². The Morgan fingerprint density at radius 1 is 1.14 bits per heavy atom. The molecule has 1 aliphatic heterocycles. The lowest BCUT2D eigenvalue weighted by molar-refractivity contribution is -0.128. The number of hydrogen-bond donors (Lipinski definition) is 1. The number of benzene rings is 1. The maximum absolute atomic E-state index is 13.1. The van der Waals surface area contributed by atoms with Gasteiger partial charge in [-0.25, -0.2) is 4.98 Å². The minimum Gasteiger partial charge on any atom is -0.350 e. The van der Waals surface area contributed by atoms with Crippen molar-refractivity contribution in [3.63, 3.8) is 0 Å². The van der Waals surface area contributed by atoms with Crippen LogP contribution in [0.15, 0.2) is 48.7 Å². The van der Waals surface area contributed by atoms with Gasteiger partial charge in [-0.1, -0.05) is 30.3 Å². The van der Waals surface area contributed by atoms with Crippen molar-refractivity contribution in [2.75, 3.05) is 0 Å². The molecule has 1 aliphatic rings. The Balaban J connectivity index is 1.69. The number of fused-ring (bicyclic) bond motifs is 2. The van der Waals surface area contributed by atoms with E-state index in [1.807, 2.05) is 52.1 Å². The van der Waals surface area contributed by atoms with E-state index < -0.39 is 0 Å². The summed E-state index contributed by atoms with van der Waals surface area (Å²) in [5.74, 6) is 0.0912. The molecule has 0 saturated heterocycles. The summed E-state index contributed by atoms with van der Waals surface area (Å²) in [6, 6.07) is 14.3. The van der Waals surface area contributed by atoms with Gasteiger partial charge in [-0.3, -0.25) is 9.69 Å². The second-order valence-corrected chi connectivity index (χ2v) is 8.71. The largest absolute Gasteiger partial charge is 0.350 e. The van der Waals surface area contributed by atoms with Crippen LogP contribution in [0.1, 0.15) is 43.3 Å². The summed E-state index contributed by atoms with van der Waals surface area (Å²) in [6.07, 6.45) is 2.78. The molecule has 146 valence electrons. The Labute approximate surface area is 166 Å². The van der Waals surface area contributed by atoms with Crippen LogP contribution in [-0.2, 0) is 24.3 Å². The van der Waals surface area contributed by atoms with Crippen LogP contribution in [0.4, 0.5) is 0 Å². The van der Waals surface area contributed by atoms with Crippen LogP contribution in [0.25, 0.3) is 5.65 Å². The third-order valence-electron chi connectivity index (χ3n) is 5.33. The highest BCUT2D eigenvalue weighted by atomic mass is 16.2. The molecule has 0 unspecified atom stereocenters. The highest BCUT2D eigenvalue weighted by Crippen LogP contribution is 2.26. The van der Waals surface area contributed by atoms with Crippen molar-refractivity contribution in [2.24, 2.45) is 0 Å². The van der Waals surface area contributed by atoms with Crippen LogP contribution in [0.3, 0.4) is 0 Å². The van der Waals surface area contributed by atoms with Crippen LogP contribution >= 0.6 is 0 Å². The molecule has 1 N–H and O–H groups in total. The first-order valence-corrected chi connectivity index (χ1v) is 9.87. The van der Waals surface area contributed by atoms with Crippen molar-refractivity contribution in [1.82, 2.24) is 19.6 Å². The molecule has 2 aromatic heterocycles. The van der Waals surface area contributed by atoms with E-state index in [9.17, 15) is 4.79 Å². The SMILES string of the molecule is Cc1nc2ccccn2c1CN1Cc2ccccc2C[C@H]1C(=O)NC(C)(C)C. The van der Waals surface area contributed by atoms with Crippen LogP contribution in [-0.4, -0.2) is 31.8 Å². The third-order valence-corrected chi connectivity index (χ3v) is 5.33. The number of imidazole rings is 1. The standard InChI is InChI=1S/C23H28N4O/c1-16-20(27-12-8-7-11-21(27)24-16)15-26-14-18-10-6-5-9-17(18)13-19(26)22(28)25-23(2,3)4/h5-12,19H,13-15H2,1-4H3,(H,25,28)/t19-/m0/s1. The first-order valence-electron chi connectivity index (χ1n) is 9.87. The number of hydrogen-bond acceptors (Lipinski definition) is 3. The van der Waals surface area contributed by atoms with E-state index in [4.69, 9.17) is 0 Å². The van der Waals surface area contributed by atoms with E-state index in [1.165, 1.54) is 11.1 Å². The maximum atomic E-state index is 13.1. The van der Waals surface area contributed by atoms with Crippen molar-refractivity contribution < 1.29 is 4.79 Å². The molecule has 0 bridgehead atoms. The van der Waals surface area contributed by atoms with Crippen molar-refractivity contribution in [3.05, 3.63) is 71.2 Å². The number of carbonyl (C=O) groups excluding carboxylic acids is 1. The van der Waals surface area contributed by atoms with Gasteiger partial charge in [0, 0.05) is 24.8 Å². The summed E-state index contributed by atoms with van der Waals surface area (Å²) >= 11 is 0. The molecule has 1 aromatic carbocycles. The minimum atomic E-state index is -0.251. The number of pyridine rings is 1. The third kappa shape index (κ3) is 3.67. The van der Waals surface area contributed by atoms with Gasteiger partial charge in [-0.2, -0.15) is 0 Å². The number of amides is 1. The highest BCUT2D eigenvalue weighted by molar-refractivity contribution is 5.83. The predicted octanol–water partition coefficient (Wildman–Crippen LogP) is 3.48. The Morgan fingerprint density at radius 3 is 2.61 bits per heavy atom. The molecule has 0 saturated carbocycles. The fourth-order valence-electron chi connectivity index (χ4n) is 4.00. The molecule has 5 nitrogen and oxygen atoms in total. The molecule has 1 atom stereocenters. The van der Waals surface area contributed by atoms with Gasteiger partial charge in [-0.05, 0) is 57.4 Å². The van der Waals surface area contributed by atoms with Gasteiger partial charge in [0.1, 0.15) is 5.65 Å². The van der Waals surface area contributed by atoms with Crippen molar-refractivity contribution in [3.8, 4) is 0 Å². The molecule has 0 spiro atoms. The van der Waals surface area contributed by atoms with Gasteiger partial charge in [0.2, 0.25) is 5.91 Å². The van der Waals surface area contributed by atoms with Gasteiger partial charge in [-0.15, -0.1) is 0 Å². The molecule has 3 heterocycles. The number of nitrogens with one attached hydrogen (secondary N) is 1. The molecule has 5 heteroatoms. The lowest BCUT2D eigenvalue weighted by atomic mass is 9.92. The molecule has 0 radical (unpaired) electrons. The summed E-state index contributed by atoms with van der Waals surface area (Å²) in [5, 5.41) is 3.18. The lowest BCUT2D eigenvalue weighted by Crippen LogP contribution is -2.54. The molecule has 1 amide bonds. The minimum absolute atomic E-state index is 0.0912. The lowest BCUT2D eigenvalue weighted by Gasteiger charge is -2.37. The molecule has 28 heavy (non-hydrogen) atoms. The van der Waals surface area contributed by atoms with E-state index in [1.54, 1.807) is 0 Å². The van der Waals surface area contributed by atoms with E-state index in [0.717, 1.165) is 30.0 Å². The Hall–Kier alpha value is -2.66. The second-order valence-electron chi connectivity index (χ2n) is 8.71. The van der Waals surface area contributed by atoms with Crippen molar-refractivity contribution in [1.29, 1.82) is 0 Å². The zero-order valence-corrected chi connectivity index (χ0v) is 17.1. The summed E-state index contributed by atoms with van der Waals surface area (Å²) < 4.78 is 2.13. The Morgan fingerprint density at radius 2 is 1.86 bits per heavy atom. The fourth-order valence-corrected chi connectivity index (χ4v) is 4.00. The van der Waals surface area contributed by atoms with Crippen LogP contribution in [0.2, 0.25) is 0 Å². The molecule has 0 aliphatic carbocycles. The maximum Gasteiger partial charge on any atom is 0.238 e. The number of rotatable bonds is 3. The number of carbonyl (C=O) groups is 1. The topological polar surface area (TPSA) is 49.6 Å². The zero-order valence-electron chi connectivity index (χ0n) is 17.1. The van der Waals surface area contributed by atoms with E-state index in [2.05, 4.69) is 43.9 Å². The summed E-state index contributed by atoms with van der Waals surface area (Å²) in [4.78, 5) is 20.1. The van der Waals surface area contributed by atoms with Gasteiger partial charge in [0.25, 0.3) is 0 Å². The normalized spacial score (nSPS) is 17.5. The predicted molar refractivity (Wildman–Crippen MR) is 111 cm³/mol. The fraction of sp³-hybridized carbons (Fsp3) is 0.391. The van der Waals surface area contributed by atoms with E-state index in [-0.39, 0.29) is 17.5 Å². The summed E-state index contributed by atoms with van der Waals surface area (Å²) in [6.45, 7) is 9.58. The number of nitrogens with zero attached hydrogens (tertiary/aromatic N) is 3. The Kier molecular flexibility index (Phi) is 4.71. The van der Waals surface area contributed by atoms with Gasteiger partial charge in [0.05, 0.1) is 17.4 Å². The first kappa shape index (κ1) is 18.7. The molecular formula is C23H28N4O. The Bertz CT molecular complexity index is 1010. The quantitative estimate of drug-likeness (QED) is 0.761. The average Bonchev–Trinajstić information content (AvgIpc) is 2.95. The second kappa shape index (κ2) is 7.06. The number of aryl methyl sites for hydroxylation is 1. The van der Waals surface area contributed by atoms with Gasteiger partial charge >= 0.3 is 0 Å². The van der Waals surface area contributed by atoms with E-state index in [0.29, 0.717) is 6.54 Å². The average molecular weight is 377 g/mol. The monoisotopic (exact) mass is 376 g/mol. The van der Waals surface area contributed by atoms with Gasteiger partial charge < -0.3 is 9.72 Å². The molecular weight excluding hydrogens is 348 g/mol. The molecule has 4 rings (SSSR count). The summed E-state index contributed by atoms with van der Waals surface area (Å²) in [5.41, 5.74) is 5.42. The van der Waals surface area contributed by atoms with Crippen molar-refractivity contribution in [2.45, 2.75) is 58.8 Å². The van der Waals surface area contributed by atoms with Crippen LogP contribution < -0.4 is 5.32 Å². The first-order chi connectivity index (χ1) is 13.3. The summed E-state index contributed by atoms with van der Waals surface area (Å²) in [7, 11) is 0. The zero-order chi connectivity index (χ0) is 19.9. The van der Waals surface area contributed by atoms with Crippen LogP contribution in [0, 0.1) is 6.92 Å². The van der Waals surface area contributed by atoms with Crippen molar-refractivity contribution >= 4 is 11.6 Å². The number of aromatic nitrogens is 2. The van der Waals surface area contributed by atoms with E-state index >= 15 is 0 Å². The van der Waals surface area contributed by atoms with Gasteiger partial charge in [0.15, 0.2) is 0 Å². The smallest absolute Gasteiger partial charge is 0.238 e. The molecule has 0 fully saturated rings. The highest BCUT2D eigenvalue weighted by Gasteiger charge is 2.33. The molecule has 3 aromatic rings.